The van der Waals surface area contributed by atoms with Crippen LogP contribution in [0, 0.1) is 6.92 Å². The largest absolute Gasteiger partial charge is 0.363 e. The standard InChI is InChI=1S/C14H18N6/c1-10-17-11(9-13(18-10)19(2)3)12-5-8-20(12)14-15-6-4-7-16-14/h4,6-7,9,12H,5,8H2,1-3H3. The van der Waals surface area contributed by atoms with Gasteiger partial charge >= 0.3 is 0 Å². The lowest BCUT2D eigenvalue weighted by atomic mass is 10.00. The van der Waals surface area contributed by atoms with Crippen LogP contribution >= 0.6 is 0 Å². The fourth-order valence-electron chi connectivity index (χ4n) is 2.35. The van der Waals surface area contributed by atoms with Crippen LogP contribution in [0.4, 0.5) is 11.8 Å². The number of anilines is 2. The van der Waals surface area contributed by atoms with Crippen molar-refractivity contribution < 1.29 is 0 Å². The van der Waals surface area contributed by atoms with Crippen LogP contribution in [0.15, 0.2) is 24.5 Å². The van der Waals surface area contributed by atoms with Crippen LogP contribution in [0.25, 0.3) is 0 Å². The molecule has 6 heteroatoms. The Labute approximate surface area is 118 Å². The van der Waals surface area contributed by atoms with Crippen molar-refractivity contribution >= 4 is 11.8 Å². The maximum atomic E-state index is 4.58. The molecule has 104 valence electrons. The van der Waals surface area contributed by atoms with Crippen molar-refractivity contribution in [3.05, 3.63) is 36.0 Å². The average Bonchev–Trinajstić information content (AvgIpc) is 2.38. The molecule has 6 nitrogen and oxygen atoms in total. The summed E-state index contributed by atoms with van der Waals surface area (Å²) in [5.74, 6) is 2.51. The molecular formula is C14H18N6. The average molecular weight is 270 g/mol. The molecule has 0 aliphatic carbocycles. The molecule has 0 N–H and O–H groups in total. The SMILES string of the molecule is Cc1nc(C2CCN2c2ncccn2)cc(N(C)C)n1. The van der Waals surface area contributed by atoms with Gasteiger partial charge in [-0.15, -0.1) is 0 Å². The lowest BCUT2D eigenvalue weighted by molar-refractivity contribution is 0.444. The molecule has 1 saturated heterocycles. The summed E-state index contributed by atoms with van der Waals surface area (Å²) in [6, 6.07) is 4.13. The number of hydrogen-bond donors (Lipinski definition) is 0. The first-order valence-electron chi connectivity index (χ1n) is 6.72. The van der Waals surface area contributed by atoms with Gasteiger partial charge in [0.2, 0.25) is 5.95 Å². The molecule has 1 unspecified atom stereocenters. The zero-order valence-corrected chi connectivity index (χ0v) is 12.0. The number of aryl methyl sites for hydroxylation is 1. The highest BCUT2D eigenvalue weighted by Gasteiger charge is 2.32. The molecule has 3 rings (SSSR count). The molecule has 0 bridgehead atoms. The number of hydrogen-bond acceptors (Lipinski definition) is 6. The minimum Gasteiger partial charge on any atom is -0.363 e. The lowest BCUT2D eigenvalue weighted by Gasteiger charge is -2.40. The van der Waals surface area contributed by atoms with Gasteiger partial charge in [0.25, 0.3) is 0 Å². The third-order valence-electron chi connectivity index (χ3n) is 3.47. The van der Waals surface area contributed by atoms with E-state index in [0.29, 0.717) is 0 Å². The van der Waals surface area contributed by atoms with E-state index < -0.39 is 0 Å². The van der Waals surface area contributed by atoms with Crippen molar-refractivity contribution in [2.45, 2.75) is 19.4 Å². The van der Waals surface area contributed by atoms with Crippen LogP contribution in [0.5, 0.6) is 0 Å². The summed E-state index contributed by atoms with van der Waals surface area (Å²) in [5, 5.41) is 0. The Bertz CT molecular complexity index is 598. The molecule has 1 aliphatic heterocycles. The van der Waals surface area contributed by atoms with Crippen molar-refractivity contribution in [2.24, 2.45) is 0 Å². The molecule has 0 amide bonds. The second-order valence-electron chi connectivity index (χ2n) is 5.14. The summed E-state index contributed by atoms with van der Waals surface area (Å²) >= 11 is 0. The topological polar surface area (TPSA) is 58.0 Å². The van der Waals surface area contributed by atoms with Gasteiger partial charge in [-0.25, -0.2) is 19.9 Å². The maximum Gasteiger partial charge on any atom is 0.225 e. The van der Waals surface area contributed by atoms with Gasteiger partial charge in [-0.05, 0) is 19.4 Å². The molecule has 1 aliphatic rings. The minimum atomic E-state index is 0.248. The molecule has 0 radical (unpaired) electrons. The van der Waals surface area contributed by atoms with E-state index in [1.165, 1.54) is 0 Å². The highest BCUT2D eigenvalue weighted by Crippen LogP contribution is 2.35. The molecule has 0 saturated carbocycles. The highest BCUT2D eigenvalue weighted by atomic mass is 15.3. The number of nitrogens with zero attached hydrogens (tertiary/aromatic N) is 6. The zero-order valence-electron chi connectivity index (χ0n) is 12.0. The van der Waals surface area contributed by atoms with Crippen LogP contribution < -0.4 is 9.80 Å². The van der Waals surface area contributed by atoms with E-state index in [2.05, 4.69) is 24.8 Å². The highest BCUT2D eigenvalue weighted by molar-refractivity contribution is 5.44. The van der Waals surface area contributed by atoms with E-state index >= 15 is 0 Å². The fraction of sp³-hybridized carbons (Fsp3) is 0.429. The first kappa shape index (κ1) is 12.8. The first-order chi connectivity index (χ1) is 9.65. The Balaban J connectivity index is 1.90. The molecule has 2 aromatic rings. The molecule has 2 aromatic heterocycles. The molecule has 1 fully saturated rings. The number of aromatic nitrogens is 4. The van der Waals surface area contributed by atoms with Gasteiger partial charge in [0.1, 0.15) is 11.6 Å². The van der Waals surface area contributed by atoms with Gasteiger partial charge in [-0.2, -0.15) is 0 Å². The molecule has 3 heterocycles. The Morgan fingerprint density at radius 1 is 1.20 bits per heavy atom. The van der Waals surface area contributed by atoms with Gasteiger partial charge in [0, 0.05) is 39.1 Å². The fourth-order valence-corrected chi connectivity index (χ4v) is 2.35. The van der Waals surface area contributed by atoms with E-state index in [9.17, 15) is 0 Å². The molecule has 1 atom stereocenters. The summed E-state index contributed by atoms with van der Waals surface area (Å²) in [7, 11) is 3.98. The van der Waals surface area contributed by atoms with E-state index in [4.69, 9.17) is 0 Å². The van der Waals surface area contributed by atoms with Gasteiger partial charge in [-0.3, -0.25) is 0 Å². The van der Waals surface area contributed by atoms with Crippen LogP contribution in [-0.2, 0) is 0 Å². The van der Waals surface area contributed by atoms with E-state index in [-0.39, 0.29) is 6.04 Å². The summed E-state index contributed by atoms with van der Waals surface area (Å²) in [5.41, 5.74) is 1.04. The summed E-state index contributed by atoms with van der Waals surface area (Å²) in [6.45, 7) is 2.90. The Morgan fingerprint density at radius 3 is 2.55 bits per heavy atom. The van der Waals surface area contributed by atoms with Gasteiger partial charge in [0.15, 0.2) is 0 Å². The summed E-state index contributed by atoms with van der Waals surface area (Å²) < 4.78 is 0. The molecular weight excluding hydrogens is 252 g/mol. The van der Waals surface area contributed by atoms with Gasteiger partial charge in [-0.1, -0.05) is 0 Å². The van der Waals surface area contributed by atoms with E-state index in [0.717, 1.165) is 36.3 Å². The second kappa shape index (κ2) is 5.03. The Hall–Kier alpha value is -2.24. The molecule has 20 heavy (non-hydrogen) atoms. The molecule has 0 aromatic carbocycles. The van der Waals surface area contributed by atoms with Crippen molar-refractivity contribution in [2.75, 3.05) is 30.4 Å². The van der Waals surface area contributed by atoms with Crippen molar-refractivity contribution in [3.63, 3.8) is 0 Å². The number of rotatable bonds is 3. The van der Waals surface area contributed by atoms with Crippen LogP contribution in [0.1, 0.15) is 24.0 Å². The van der Waals surface area contributed by atoms with Crippen LogP contribution in [-0.4, -0.2) is 40.6 Å². The summed E-state index contributed by atoms with van der Waals surface area (Å²) in [4.78, 5) is 21.8. The quantitative estimate of drug-likeness (QED) is 0.844. The Kier molecular flexibility index (Phi) is 3.22. The predicted molar refractivity (Wildman–Crippen MR) is 77.8 cm³/mol. The third kappa shape index (κ3) is 2.29. The monoisotopic (exact) mass is 270 g/mol. The van der Waals surface area contributed by atoms with E-state index in [1.54, 1.807) is 12.4 Å². The predicted octanol–water partition coefficient (Wildman–Crippen LogP) is 1.59. The zero-order chi connectivity index (χ0) is 14.1. The van der Waals surface area contributed by atoms with Gasteiger partial charge < -0.3 is 9.80 Å². The normalized spacial score (nSPS) is 17.8. The Morgan fingerprint density at radius 2 is 1.95 bits per heavy atom. The van der Waals surface area contributed by atoms with Crippen LogP contribution in [0.2, 0.25) is 0 Å². The maximum absolute atomic E-state index is 4.58. The van der Waals surface area contributed by atoms with Crippen molar-refractivity contribution in [1.82, 2.24) is 19.9 Å². The van der Waals surface area contributed by atoms with E-state index in [1.807, 2.05) is 38.1 Å². The van der Waals surface area contributed by atoms with Crippen molar-refractivity contribution in [1.29, 1.82) is 0 Å². The first-order valence-corrected chi connectivity index (χ1v) is 6.72. The van der Waals surface area contributed by atoms with Crippen LogP contribution in [0.3, 0.4) is 0 Å². The van der Waals surface area contributed by atoms with Crippen molar-refractivity contribution in [3.8, 4) is 0 Å². The third-order valence-corrected chi connectivity index (χ3v) is 3.47. The summed E-state index contributed by atoms with van der Waals surface area (Å²) in [6.07, 6.45) is 4.62. The second-order valence-corrected chi connectivity index (χ2v) is 5.14. The minimum absolute atomic E-state index is 0.248. The lowest BCUT2D eigenvalue weighted by Crippen LogP contribution is -2.42. The molecule has 0 spiro atoms. The smallest absolute Gasteiger partial charge is 0.225 e. The van der Waals surface area contributed by atoms with Gasteiger partial charge in [0.05, 0.1) is 11.7 Å².